The molecule has 3 aromatic carbocycles. The van der Waals surface area contributed by atoms with Crippen molar-refractivity contribution in [3.63, 3.8) is 0 Å². The second kappa shape index (κ2) is 10.1. The van der Waals surface area contributed by atoms with E-state index in [0.717, 1.165) is 16.1 Å². The van der Waals surface area contributed by atoms with Crippen LogP contribution in [0, 0.1) is 5.82 Å². The van der Waals surface area contributed by atoms with Crippen molar-refractivity contribution in [1.29, 1.82) is 0 Å². The minimum absolute atomic E-state index is 0.0414. The number of sulfonamides is 1. The summed E-state index contributed by atoms with van der Waals surface area (Å²) in [5.41, 5.74) is 1.62. The van der Waals surface area contributed by atoms with Crippen LogP contribution in [0.5, 0.6) is 5.75 Å². The lowest BCUT2D eigenvalue weighted by Gasteiger charge is -2.16. The number of amides is 1. The molecule has 1 aliphatic heterocycles. The number of carbonyl (C=O) groups excluding carboxylic acids is 1. The third-order valence-corrected chi connectivity index (χ3v) is 7.70. The van der Waals surface area contributed by atoms with Crippen LogP contribution in [0.1, 0.15) is 16.7 Å². The summed E-state index contributed by atoms with van der Waals surface area (Å²) in [6.07, 6.45) is 1.38. The summed E-state index contributed by atoms with van der Waals surface area (Å²) in [5.74, 6) is -0.984. The van der Waals surface area contributed by atoms with E-state index in [1.54, 1.807) is 42.5 Å². The van der Waals surface area contributed by atoms with Gasteiger partial charge in [0, 0.05) is 6.54 Å². The van der Waals surface area contributed by atoms with Gasteiger partial charge in [0.2, 0.25) is 0 Å². The largest absolute Gasteiger partial charge is 0.383 e. The second-order valence-corrected chi connectivity index (χ2v) is 11.5. The molecule has 0 saturated carbocycles. The number of hydrogen-bond donors (Lipinski definition) is 1. The lowest BCUT2D eigenvalue weighted by molar-refractivity contribution is -0.122. The minimum atomic E-state index is -4.17. The van der Waals surface area contributed by atoms with Crippen LogP contribution < -0.4 is 9.50 Å². The van der Waals surface area contributed by atoms with Gasteiger partial charge in [-0.05, 0) is 47.4 Å². The molecule has 0 aromatic heterocycles. The van der Waals surface area contributed by atoms with E-state index in [-0.39, 0.29) is 29.4 Å². The zero-order valence-electron chi connectivity index (χ0n) is 19.2. The topological polar surface area (TPSA) is 110 Å². The molecule has 0 spiro atoms. The van der Waals surface area contributed by atoms with Crippen LogP contribution in [0.2, 0.25) is 0 Å². The van der Waals surface area contributed by atoms with E-state index in [4.69, 9.17) is 4.18 Å². The quantitative estimate of drug-likeness (QED) is 0.424. The third-order valence-electron chi connectivity index (χ3n) is 5.38. The van der Waals surface area contributed by atoms with Crippen LogP contribution in [0.25, 0.3) is 4.91 Å². The first-order valence-electron chi connectivity index (χ1n) is 10.9. The zero-order chi connectivity index (χ0) is 25.9. The van der Waals surface area contributed by atoms with Gasteiger partial charge in [0.15, 0.2) is 0 Å². The molecule has 3 aromatic rings. The summed E-state index contributed by atoms with van der Waals surface area (Å²) in [5, 5.41) is 2.98. The fraction of sp³-hybridized carbons (Fsp3) is 0.160. The van der Waals surface area contributed by atoms with Crippen molar-refractivity contribution >= 4 is 31.0 Å². The van der Waals surface area contributed by atoms with E-state index in [9.17, 15) is 26.0 Å². The molecule has 0 fully saturated rings. The molecule has 4 rings (SSSR count). The predicted molar refractivity (Wildman–Crippen MR) is 133 cm³/mol. The molecule has 1 heterocycles. The predicted octanol–water partition coefficient (Wildman–Crippen LogP) is 3.04. The first kappa shape index (κ1) is 25.4. The van der Waals surface area contributed by atoms with E-state index in [0.29, 0.717) is 17.5 Å². The maximum absolute atomic E-state index is 13.4. The van der Waals surface area contributed by atoms with Gasteiger partial charge in [-0.25, -0.2) is 17.1 Å². The molecule has 36 heavy (non-hydrogen) atoms. The first-order valence-corrected chi connectivity index (χ1v) is 14.1. The van der Waals surface area contributed by atoms with E-state index in [1.807, 2.05) is 0 Å². The lowest BCUT2D eigenvalue weighted by Crippen LogP contribution is -2.33. The molecule has 0 atom stereocenters. The van der Waals surface area contributed by atoms with Crippen molar-refractivity contribution in [2.45, 2.75) is 13.0 Å². The Bertz CT molecular complexity index is 1500. The number of carbonyl (C=O) groups is 1. The highest BCUT2D eigenvalue weighted by Gasteiger charge is 2.44. The molecule has 0 unspecified atom stereocenters. The highest BCUT2D eigenvalue weighted by atomic mass is 32.2. The maximum atomic E-state index is 13.4. The minimum Gasteiger partial charge on any atom is -0.383 e. The molecular weight excluding hydrogens is 507 g/mol. The van der Waals surface area contributed by atoms with Crippen LogP contribution in [0.4, 0.5) is 4.39 Å². The Morgan fingerprint density at radius 2 is 1.53 bits per heavy atom. The normalized spacial score (nSPS) is 15.3. The van der Waals surface area contributed by atoms with Crippen molar-refractivity contribution in [2.24, 2.45) is 0 Å². The second-order valence-electron chi connectivity index (χ2n) is 8.12. The van der Waals surface area contributed by atoms with Crippen molar-refractivity contribution in [1.82, 2.24) is 9.62 Å². The number of hydrogen-bond acceptors (Lipinski definition) is 7. The van der Waals surface area contributed by atoms with Crippen molar-refractivity contribution in [2.75, 3.05) is 12.8 Å². The molecule has 8 nitrogen and oxygen atoms in total. The average Bonchev–Trinajstić information content (AvgIpc) is 3.01. The lowest BCUT2D eigenvalue weighted by atomic mass is 10.1. The number of benzene rings is 3. The Morgan fingerprint density at radius 1 is 0.917 bits per heavy atom. The van der Waals surface area contributed by atoms with Gasteiger partial charge >= 0.3 is 10.1 Å². The Morgan fingerprint density at radius 3 is 2.14 bits per heavy atom. The van der Waals surface area contributed by atoms with E-state index < -0.39 is 31.9 Å². The Hall–Kier alpha value is -3.70. The van der Waals surface area contributed by atoms with Gasteiger partial charge in [-0.1, -0.05) is 54.6 Å². The molecule has 0 bridgehead atoms. The molecule has 0 aliphatic carbocycles. The molecule has 188 valence electrons. The number of nitrogens with zero attached hydrogens (tertiary/aromatic N) is 1. The van der Waals surface area contributed by atoms with Gasteiger partial charge in [-0.15, -0.1) is 0 Å². The van der Waals surface area contributed by atoms with Crippen molar-refractivity contribution in [3.05, 3.63) is 107 Å². The van der Waals surface area contributed by atoms with Gasteiger partial charge in [0.25, 0.3) is 15.9 Å². The SMILES string of the molecule is CS(=O)(=O)Oc1ccc(CCNC2=C(c3ccccc3)S(=O)(=O)N(Cc3ccc(F)cc3)C2=O)cc1. The van der Waals surface area contributed by atoms with Gasteiger partial charge in [-0.3, -0.25) is 4.79 Å². The molecule has 1 amide bonds. The van der Waals surface area contributed by atoms with Gasteiger partial charge < -0.3 is 9.50 Å². The van der Waals surface area contributed by atoms with E-state index in [1.165, 1.54) is 36.4 Å². The third kappa shape index (κ3) is 5.74. The van der Waals surface area contributed by atoms with Gasteiger partial charge in [0.05, 0.1) is 12.8 Å². The fourth-order valence-electron chi connectivity index (χ4n) is 3.74. The van der Waals surface area contributed by atoms with E-state index in [2.05, 4.69) is 5.32 Å². The van der Waals surface area contributed by atoms with Crippen molar-refractivity contribution in [3.8, 4) is 5.75 Å². The van der Waals surface area contributed by atoms with Crippen LogP contribution in [0.15, 0.2) is 84.6 Å². The van der Waals surface area contributed by atoms with Crippen LogP contribution in [-0.2, 0) is 37.9 Å². The Balaban J connectivity index is 1.56. The summed E-state index contributed by atoms with van der Waals surface area (Å²) >= 11 is 0. The van der Waals surface area contributed by atoms with Crippen LogP contribution >= 0.6 is 0 Å². The summed E-state index contributed by atoms with van der Waals surface area (Å²) < 4.78 is 68.3. The highest BCUT2D eigenvalue weighted by molar-refractivity contribution is 7.99. The maximum Gasteiger partial charge on any atom is 0.306 e. The fourth-order valence-corrected chi connectivity index (χ4v) is 5.90. The monoisotopic (exact) mass is 530 g/mol. The highest BCUT2D eigenvalue weighted by Crippen LogP contribution is 2.35. The molecule has 11 heteroatoms. The molecule has 0 saturated heterocycles. The van der Waals surface area contributed by atoms with Crippen LogP contribution in [-0.4, -0.2) is 39.8 Å². The molecular formula is C25H23FN2O6S2. The summed E-state index contributed by atoms with van der Waals surface area (Å²) in [6.45, 7) is 0.00829. The van der Waals surface area contributed by atoms with Gasteiger partial charge in [-0.2, -0.15) is 8.42 Å². The zero-order valence-corrected chi connectivity index (χ0v) is 20.9. The number of nitrogens with one attached hydrogen (secondary N) is 1. The molecule has 1 aliphatic rings. The Labute approximate surface area is 209 Å². The average molecular weight is 531 g/mol. The summed E-state index contributed by atoms with van der Waals surface area (Å²) in [4.78, 5) is 13.2. The first-order chi connectivity index (χ1) is 17.0. The molecule has 0 radical (unpaired) electrons. The Kier molecular flexibility index (Phi) is 7.14. The number of halogens is 1. The number of rotatable bonds is 9. The molecule has 1 N–H and O–H groups in total. The van der Waals surface area contributed by atoms with E-state index >= 15 is 0 Å². The van der Waals surface area contributed by atoms with Gasteiger partial charge in [0.1, 0.15) is 22.2 Å². The standard InChI is InChI=1S/C25H23FN2O6S2/c1-35(30,31)34-22-13-9-18(10-14-22)15-16-27-23-24(20-5-3-2-4-6-20)36(32,33)28(25(23)29)17-19-7-11-21(26)12-8-19/h2-14,27H,15-17H2,1H3. The van der Waals surface area contributed by atoms with Crippen LogP contribution in [0.3, 0.4) is 0 Å². The summed E-state index contributed by atoms with van der Waals surface area (Å²) in [7, 11) is -7.81. The summed E-state index contributed by atoms with van der Waals surface area (Å²) in [6, 6.07) is 20.0. The van der Waals surface area contributed by atoms with Crippen molar-refractivity contribution < 1.29 is 30.2 Å². The smallest absolute Gasteiger partial charge is 0.306 e.